The molecule has 2 saturated heterocycles. The van der Waals surface area contributed by atoms with Crippen molar-refractivity contribution in [2.75, 3.05) is 20.3 Å². The molecule has 0 spiro atoms. The maximum Gasteiger partial charge on any atom is 0.127 e. The Morgan fingerprint density at radius 1 is 1.15 bits per heavy atom. The van der Waals surface area contributed by atoms with Gasteiger partial charge in [-0.2, -0.15) is 0 Å². The van der Waals surface area contributed by atoms with Crippen molar-refractivity contribution in [2.24, 2.45) is 0 Å². The SMILES string of the molecule is COc1cc(F)ccc1C1(O)CC2COCC(C1)N2Cc1ccccc1. The van der Waals surface area contributed by atoms with Crippen molar-refractivity contribution in [2.45, 2.75) is 37.1 Å². The minimum atomic E-state index is -1.04. The van der Waals surface area contributed by atoms with E-state index < -0.39 is 5.60 Å². The minimum Gasteiger partial charge on any atom is -0.496 e. The van der Waals surface area contributed by atoms with Gasteiger partial charge in [0.2, 0.25) is 0 Å². The van der Waals surface area contributed by atoms with E-state index in [1.54, 1.807) is 6.07 Å². The van der Waals surface area contributed by atoms with Crippen molar-refractivity contribution in [3.8, 4) is 5.75 Å². The normalized spacial score (nSPS) is 28.7. The van der Waals surface area contributed by atoms with Crippen LogP contribution in [0.1, 0.15) is 24.0 Å². The summed E-state index contributed by atoms with van der Waals surface area (Å²) in [7, 11) is 1.51. The molecule has 2 aromatic rings. The van der Waals surface area contributed by atoms with Crippen molar-refractivity contribution in [3.05, 3.63) is 65.5 Å². The Kier molecular flexibility index (Phi) is 4.69. The van der Waals surface area contributed by atoms with Crippen LogP contribution in [0.5, 0.6) is 5.75 Å². The van der Waals surface area contributed by atoms with E-state index in [2.05, 4.69) is 17.0 Å². The number of hydrogen-bond donors (Lipinski definition) is 1. The van der Waals surface area contributed by atoms with Gasteiger partial charge in [0, 0.05) is 30.3 Å². The molecule has 1 N–H and O–H groups in total. The first-order chi connectivity index (χ1) is 12.6. The molecule has 0 saturated carbocycles. The monoisotopic (exact) mass is 357 g/mol. The van der Waals surface area contributed by atoms with Gasteiger partial charge in [-0.3, -0.25) is 4.90 Å². The summed E-state index contributed by atoms with van der Waals surface area (Å²) in [6.07, 6.45) is 1.08. The van der Waals surface area contributed by atoms with Gasteiger partial charge >= 0.3 is 0 Å². The Balaban J connectivity index is 1.61. The number of fused-ring (bicyclic) bond motifs is 2. The molecule has 2 aliphatic rings. The summed E-state index contributed by atoms with van der Waals surface area (Å²) in [4.78, 5) is 2.43. The summed E-state index contributed by atoms with van der Waals surface area (Å²) in [6, 6.07) is 15.0. The highest BCUT2D eigenvalue weighted by molar-refractivity contribution is 5.39. The molecule has 2 aromatic carbocycles. The number of hydrogen-bond acceptors (Lipinski definition) is 4. The van der Waals surface area contributed by atoms with Gasteiger partial charge in [-0.25, -0.2) is 4.39 Å². The first-order valence-electron chi connectivity index (χ1n) is 9.03. The van der Waals surface area contributed by atoms with Crippen LogP contribution in [0.15, 0.2) is 48.5 Å². The van der Waals surface area contributed by atoms with Crippen LogP contribution in [0, 0.1) is 5.82 Å². The molecule has 4 rings (SSSR count). The van der Waals surface area contributed by atoms with E-state index >= 15 is 0 Å². The second-order valence-electron chi connectivity index (χ2n) is 7.29. The molecule has 2 heterocycles. The van der Waals surface area contributed by atoms with Gasteiger partial charge in [-0.05, 0) is 30.5 Å². The maximum absolute atomic E-state index is 13.6. The summed E-state index contributed by atoms with van der Waals surface area (Å²) in [5.41, 5.74) is 0.887. The van der Waals surface area contributed by atoms with Gasteiger partial charge in [0.1, 0.15) is 11.6 Å². The van der Waals surface area contributed by atoms with Crippen LogP contribution >= 0.6 is 0 Å². The molecule has 0 aromatic heterocycles. The van der Waals surface area contributed by atoms with Gasteiger partial charge in [-0.1, -0.05) is 30.3 Å². The summed E-state index contributed by atoms with van der Waals surface area (Å²) in [5.74, 6) is 0.0437. The Morgan fingerprint density at radius 2 is 1.85 bits per heavy atom. The van der Waals surface area contributed by atoms with E-state index in [0.717, 1.165) is 6.54 Å². The van der Waals surface area contributed by atoms with Crippen molar-refractivity contribution < 1.29 is 19.0 Å². The second kappa shape index (κ2) is 6.99. The number of piperidine rings is 1. The summed E-state index contributed by atoms with van der Waals surface area (Å²) in [5, 5.41) is 11.5. The van der Waals surface area contributed by atoms with Gasteiger partial charge in [0.15, 0.2) is 0 Å². The molecule has 0 aliphatic carbocycles. The van der Waals surface area contributed by atoms with Gasteiger partial charge in [-0.15, -0.1) is 0 Å². The summed E-state index contributed by atoms with van der Waals surface area (Å²) >= 11 is 0. The van der Waals surface area contributed by atoms with Gasteiger partial charge in [0.05, 0.1) is 25.9 Å². The molecule has 2 unspecified atom stereocenters. The zero-order chi connectivity index (χ0) is 18.1. The predicted molar refractivity (Wildman–Crippen MR) is 96.5 cm³/mol. The zero-order valence-corrected chi connectivity index (χ0v) is 14.9. The fourth-order valence-corrected chi connectivity index (χ4v) is 4.37. The van der Waals surface area contributed by atoms with E-state index in [1.807, 2.05) is 18.2 Å². The van der Waals surface area contributed by atoms with Crippen molar-refractivity contribution >= 4 is 0 Å². The molecule has 0 amide bonds. The lowest BCUT2D eigenvalue weighted by Gasteiger charge is -2.52. The highest BCUT2D eigenvalue weighted by Crippen LogP contribution is 2.44. The number of nitrogens with zero attached hydrogens (tertiary/aromatic N) is 1. The quantitative estimate of drug-likeness (QED) is 0.913. The number of aliphatic hydroxyl groups is 1. The lowest BCUT2D eigenvalue weighted by Crippen LogP contribution is -2.60. The number of ether oxygens (including phenoxy) is 2. The number of methoxy groups -OCH3 is 1. The van der Waals surface area contributed by atoms with Gasteiger partial charge < -0.3 is 14.6 Å². The molecule has 4 nitrogen and oxygen atoms in total. The van der Waals surface area contributed by atoms with Crippen molar-refractivity contribution in [3.63, 3.8) is 0 Å². The van der Waals surface area contributed by atoms with E-state index in [0.29, 0.717) is 37.4 Å². The van der Waals surface area contributed by atoms with Crippen LogP contribution in [-0.2, 0) is 16.9 Å². The largest absolute Gasteiger partial charge is 0.496 e. The first kappa shape index (κ1) is 17.5. The number of rotatable bonds is 4. The molecular weight excluding hydrogens is 333 g/mol. The van der Waals surface area contributed by atoms with Crippen LogP contribution < -0.4 is 4.74 Å². The molecule has 2 fully saturated rings. The maximum atomic E-state index is 13.6. The standard InChI is InChI=1S/C21H24FNO3/c1-25-20-9-16(22)7-8-19(20)21(24)10-17-13-26-14-18(11-21)23(17)12-15-5-3-2-4-6-15/h2-9,17-18,24H,10-14H2,1H3. The van der Waals surface area contributed by atoms with Crippen LogP contribution in [-0.4, -0.2) is 42.4 Å². The molecule has 26 heavy (non-hydrogen) atoms. The third-order valence-electron chi connectivity index (χ3n) is 5.58. The fourth-order valence-electron chi connectivity index (χ4n) is 4.37. The topological polar surface area (TPSA) is 41.9 Å². The highest BCUT2D eigenvalue weighted by atomic mass is 19.1. The Morgan fingerprint density at radius 3 is 2.50 bits per heavy atom. The zero-order valence-electron chi connectivity index (χ0n) is 14.9. The highest BCUT2D eigenvalue weighted by Gasteiger charge is 2.47. The summed E-state index contributed by atoms with van der Waals surface area (Å²) in [6.45, 7) is 2.03. The van der Waals surface area contributed by atoms with Crippen LogP contribution in [0.25, 0.3) is 0 Å². The van der Waals surface area contributed by atoms with E-state index in [9.17, 15) is 9.50 Å². The predicted octanol–water partition coefficient (Wildman–Crippen LogP) is 3.09. The lowest BCUT2D eigenvalue weighted by atomic mass is 9.76. The third-order valence-corrected chi connectivity index (χ3v) is 5.58. The Labute approximate surface area is 153 Å². The molecule has 0 radical (unpaired) electrons. The average molecular weight is 357 g/mol. The second-order valence-corrected chi connectivity index (χ2v) is 7.29. The van der Waals surface area contributed by atoms with Crippen molar-refractivity contribution in [1.29, 1.82) is 0 Å². The van der Waals surface area contributed by atoms with E-state index in [4.69, 9.17) is 9.47 Å². The van der Waals surface area contributed by atoms with E-state index in [1.165, 1.54) is 24.8 Å². The first-order valence-corrected chi connectivity index (χ1v) is 9.03. The molecule has 2 bridgehead atoms. The molecule has 2 atom stereocenters. The van der Waals surface area contributed by atoms with Crippen molar-refractivity contribution in [1.82, 2.24) is 4.90 Å². The molecule has 138 valence electrons. The number of morpholine rings is 1. The Bertz CT molecular complexity index is 753. The molecule has 5 heteroatoms. The van der Waals surface area contributed by atoms with Gasteiger partial charge in [0.25, 0.3) is 0 Å². The average Bonchev–Trinajstić information content (AvgIpc) is 2.63. The third kappa shape index (κ3) is 3.22. The smallest absolute Gasteiger partial charge is 0.127 e. The lowest BCUT2D eigenvalue weighted by molar-refractivity contribution is -0.150. The van der Waals surface area contributed by atoms with E-state index in [-0.39, 0.29) is 17.9 Å². The summed E-state index contributed by atoms with van der Waals surface area (Å²) < 4.78 is 24.7. The van der Waals surface area contributed by atoms with Crippen LogP contribution in [0.3, 0.4) is 0 Å². The molecule has 2 aliphatic heterocycles. The number of benzene rings is 2. The van der Waals surface area contributed by atoms with Crippen LogP contribution in [0.2, 0.25) is 0 Å². The van der Waals surface area contributed by atoms with Crippen LogP contribution in [0.4, 0.5) is 4.39 Å². The fraction of sp³-hybridized carbons (Fsp3) is 0.429. The molecular formula is C21H24FNO3. The minimum absolute atomic E-state index is 0.113. The number of halogens is 1. The Hall–Kier alpha value is -1.95.